The molecule has 1 aromatic heterocycles. The van der Waals surface area contributed by atoms with E-state index in [2.05, 4.69) is 11.5 Å². The summed E-state index contributed by atoms with van der Waals surface area (Å²) < 4.78 is 16.0. The second kappa shape index (κ2) is 8.26. The number of likely N-dealkylation sites (tertiary alicyclic amines) is 1. The van der Waals surface area contributed by atoms with Gasteiger partial charge in [0.2, 0.25) is 0 Å². The van der Waals surface area contributed by atoms with Gasteiger partial charge in [-0.1, -0.05) is 29.3 Å². The van der Waals surface area contributed by atoms with Crippen LogP contribution in [-0.4, -0.2) is 51.3 Å². The Morgan fingerprint density at radius 3 is 2.57 bits per heavy atom. The molecular weight excluding hydrogens is 419 g/mol. The first-order valence-electron chi connectivity index (χ1n) is 9.25. The van der Waals surface area contributed by atoms with Crippen LogP contribution in [0.1, 0.15) is 12.8 Å². The predicted octanol–water partition coefficient (Wildman–Crippen LogP) is 4.37. The van der Waals surface area contributed by atoms with Crippen LogP contribution in [0.15, 0.2) is 30.9 Å². The Morgan fingerprint density at radius 2 is 1.93 bits per heavy atom. The minimum absolute atomic E-state index is 0.387. The standard InChI is InChI=1S/C19H22Cl2N4O2S/c1-2-7-24-17(15-4-3-14(20)12-16(15)21)22-25(18(24)28)13-23-8-5-19(6-9-23)26-10-11-27-19/h2-4,12H,1,5-11,13H2. The van der Waals surface area contributed by atoms with Crippen LogP contribution in [-0.2, 0) is 22.7 Å². The molecule has 2 fully saturated rings. The number of allylic oxidation sites excluding steroid dienone is 1. The van der Waals surface area contributed by atoms with Crippen molar-refractivity contribution in [3.8, 4) is 11.4 Å². The van der Waals surface area contributed by atoms with Crippen LogP contribution in [0.2, 0.25) is 10.0 Å². The quantitative estimate of drug-likeness (QED) is 0.509. The van der Waals surface area contributed by atoms with Crippen LogP contribution >= 0.6 is 35.4 Å². The van der Waals surface area contributed by atoms with Gasteiger partial charge < -0.3 is 9.47 Å². The molecule has 1 spiro atoms. The third-order valence-electron chi connectivity index (χ3n) is 5.17. The number of hydrogen-bond donors (Lipinski definition) is 0. The van der Waals surface area contributed by atoms with Gasteiger partial charge in [-0.2, -0.15) is 5.10 Å². The molecule has 0 N–H and O–H groups in total. The average molecular weight is 441 g/mol. The molecule has 0 aliphatic carbocycles. The van der Waals surface area contributed by atoms with Crippen molar-refractivity contribution in [3.05, 3.63) is 45.7 Å². The van der Waals surface area contributed by atoms with Crippen molar-refractivity contribution in [1.29, 1.82) is 0 Å². The van der Waals surface area contributed by atoms with Gasteiger partial charge in [0.05, 0.1) is 24.9 Å². The Hall–Kier alpha value is -1.22. The van der Waals surface area contributed by atoms with Crippen molar-refractivity contribution in [2.45, 2.75) is 31.8 Å². The maximum Gasteiger partial charge on any atom is 0.199 e. The van der Waals surface area contributed by atoms with Crippen molar-refractivity contribution in [1.82, 2.24) is 19.2 Å². The van der Waals surface area contributed by atoms with Crippen molar-refractivity contribution in [3.63, 3.8) is 0 Å². The van der Waals surface area contributed by atoms with E-state index in [0.717, 1.165) is 31.5 Å². The van der Waals surface area contributed by atoms with E-state index in [4.69, 9.17) is 50.0 Å². The lowest BCUT2D eigenvalue weighted by Gasteiger charge is -2.37. The molecule has 0 saturated carbocycles. The fraction of sp³-hybridized carbons (Fsp3) is 0.474. The molecule has 1 aromatic carbocycles. The molecule has 3 heterocycles. The minimum atomic E-state index is -0.387. The number of piperidine rings is 1. The molecule has 6 nitrogen and oxygen atoms in total. The fourth-order valence-corrected chi connectivity index (χ4v) is 4.46. The summed E-state index contributed by atoms with van der Waals surface area (Å²) in [4.78, 5) is 2.31. The maximum absolute atomic E-state index is 6.41. The van der Waals surface area contributed by atoms with Gasteiger partial charge in [-0.25, -0.2) is 4.68 Å². The number of benzene rings is 1. The number of nitrogens with zero attached hydrogens (tertiary/aromatic N) is 4. The minimum Gasteiger partial charge on any atom is -0.347 e. The molecule has 0 radical (unpaired) electrons. The van der Waals surface area contributed by atoms with Crippen LogP contribution in [0.5, 0.6) is 0 Å². The van der Waals surface area contributed by atoms with E-state index in [-0.39, 0.29) is 5.79 Å². The van der Waals surface area contributed by atoms with Gasteiger partial charge in [-0.05, 0) is 30.4 Å². The first kappa shape index (κ1) is 20.1. The lowest BCUT2D eigenvalue weighted by atomic mass is 10.0. The predicted molar refractivity (Wildman–Crippen MR) is 112 cm³/mol. The Morgan fingerprint density at radius 1 is 1.21 bits per heavy atom. The van der Waals surface area contributed by atoms with Crippen LogP contribution in [0.4, 0.5) is 0 Å². The highest BCUT2D eigenvalue weighted by atomic mass is 35.5. The molecule has 2 aliphatic heterocycles. The molecule has 2 aromatic rings. The lowest BCUT2D eigenvalue weighted by Crippen LogP contribution is -2.45. The number of aromatic nitrogens is 3. The molecule has 0 atom stereocenters. The van der Waals surface area contributed by atoms with E-state index >= 15 is 0 Å². The Balaban J connectivity index is 1.58. The van der Waals surface area contributed by atoms with Crippen LogP contribution in [0.25, 0.3) is 11.4 Å². The molecule has 9 heteroatoms. The van der Waals surface area contributed by atoms with Gasteiger partial charge in [0, 0.05) is 43.1 Å². The maximum atomic E-state index is 6.41. The molecule has 2 aliphatic rings. The highest BCUT2D eigenvalue weighted by molar-refractivity contribution is 7.71. The zero-order chi connectivity index (χ0) is 19.7. The topological polar surface area (TPSA) is 44.5 Å². The molecule has 28 heavy (non-hydrogen) atoms. The van der Waals surface area contributed by atoms with Crippen LogP contribution in [0.3, 0.4) is 0 Å². The van der Waals surface area contributed by atoms with Crippen LogP contribution < -0.4 is 0 Å². The molecule has 150 valence electrons. The van der Waals surface area contributed by atoms with E-state index in [1.165, 1.54) is 0 Å². The van der Waals surface area contributed by atoms with Crippen molar-refractivity contribution >= 4 is 35.4 Å². The highest BCUT2D eigenvalue weighted by Gasteiger charge is 2.39. The smallest absolute Gasteiger partial charge is 0.199 e. The summed E-state index contributed by atoms with van der Waals surface area (Å²) in [5.41, 5.74) is 0.795. The van der Waals surface area contributed by atoms with Gasteiger partial charge in [-0.15, -0.1) is 6.58 Å². The Bertz CT molecular complexity index is 927. The van der Waals surface area contributed by atoms with Gasteiger partial charge in [0.25, 0.3) is 0 Å². The normalized spacial score (nSPS) is 19.4. The van der Waals surface area contributed by atoms with Gasteiger partial charge in [0.1, 0.15) is 0 Å². The lowest BCUT2D eigenvalue weighted by molar-refractivity contribution is -0.187. The molecule has 0 bridgehead atoms. The monoisotopic (exact) mass is 440 g/mol. The van der Waals surface area contributed by atoms with E-state index < -0.39 is 0 Å². The third-order valence-corrected chi connectivity index (χ3v) is 6.15. The summed E-state index contributed by atoms with van der Waals surface area (Å²) >= 11 is 18.1. The van der Waals surface area contributed by atoms with E-state index in [9.17, 15) is 0 Å². The second-order valence-corrected chi connectivity index (χ2v) is 8.21. The van der Waals surface area contributed by atoms with E-state index in [1.807, 2.05) is 15.3 Å². The van der Waals surface area contributed by atoms with Crippen molar-refractivity contribution < 1.29 is 9.47 Å². The Labute approximate surface area is 179 Å². The van der Waals surface area contributed by atoms with Gasteiger partial charge >= 0.3 is 0 Å². The second-order valence-electron chi connectivity index (χ2n) is 7.00. The zero-order valence-corrected chi connectivity index (χ0v) is 17.8. The molecule has 0 unspecified atom stereocenters. The third kappa shape index (κ3) is 3.92. The SMILES string of the molecule is C=CCn1c(-c2ccc(Cl)cc2Cl)nn(CN2CCC3(CC2)OCCO3)c1=S. The summed E-state index contributed by atoms with van der Waals surface area (Å²) in [6.07, 6.45) is 3.50. The van der Waals surface area contributed by atoms with E-state index in [0.29, 0.717) is 47.1 Å². The number of hydrogen-bond acceptors (Lipinski definition) is 5. The average Bonchev–Trinajstić information content (AvgIpc) is 3.24. The number of ether oxygens (including phenoxy) is 2. The van der Waals surface area contributed by atoms with Crippen LogP contribution in [0, 0.1) is 4.77 Å². The largest absolute Gasteiger partial charge is 0.347 e. The Kier molecular flexibility index (Phi) is 5.92. The molecule has 4 rings (SSSR count). The van der Waals surface area contributed by atoms with Crippen molar-refractivity contribution in [2.24, 2.45) is 0 Å². The first-order valence-corrected chi connectivity index (χ1v) is 10.4. The summed E-state index contributed by atoms with van der Waals surface area (Å²) in [6.45, 7) is 8.10. The molecule has 0 amide bonds. The fourth-order valence-electron chi connectivity index (χ4n) is 3.71. The van der Waals surface area contributed by atoms with E-state index in [1.54, 1.807) is 18.2 Å². The van der Waals surface area contributed by atoms with Gasteiger partial charge in [0.15, 0.2) is 16.4 Å². The number of halogens is 2. The highest BCUT2D eigenvalue weighted by Crippen LogP contribution is 2.32. The summed E-state index contributed by atoms with van der Waals surface area (Å²) in [7, 11) is 0. The summed E-state index contributed by atoms with van der Waals surface area (Å²) in [5.74, 6) is 0.324. The first-order chi connectivity index (χ1) is 13.5. The summed E-state index contributed by atoms with van der Waals surface area (Å²) in [6, 6.07) is 5.38. The summed E-state index contributed by atoms with van der Waals surface area (Å²) in [5, 5.41) is 5.89. The zero-order valence-electron chi connectivity index (χ0n) is 15.4. The molecule has 2 saturated heterocycles. The number of rotatable bonds is 5. The van der Waals surface area contributed by atoms with Crippen molar-refractivity contribution in [2.75, 3.05) is 26.3 Å². The molecular formula is C19H22Cl2N4O2S. The van der Waals surface area contributed by atoms with Gasteiger partial charge in [-0.3, -0.25) is 9.47 Å².